The van der Waals surface area contributed by atoms with Crippen molar-refractivity contribution < 1.29 is 4.79 Å². The number of carbonyl (C=O) groups is 1. The Hall–Kier alpha value is -0.610. The second-order valence-electron chi connectivity index (χ2n) is 7.02. The molecule has 1 saturated heterocycles. The van der Waals surface area contributed by atoms with Crippen molar-refractivity contribution in [2.45, 2.75) is 64.0 Å². The van der Waals surface area contributed by atoms with Crippen LogP contribution in [-0.4, -0.2) is 49.1 Å². The third-order valence-electron chi connectivity index (χ3n) is 5.39. The van der Waals surface area contributed by atoms with Crippen molar-refractivity contribution in [3.8, 4) is 0 Å². The first-order valence-electron chi connectivity index (χ1n) is 8.23. The lowest BCUT2D eigenvalue weighted by Crippen LogP contribution is -2.52. The van der Waals surface area contributed by atoms with Crippen molar-refractivity contribution in [1.29, 1.82) is 0 Å². The maximum Gasteiger partial charge on any atom is 0.234 e. The SMILES string of the molecule is CNC1(C)CCN(CC(=O)NC2CCCCC2C)CC1. The molecule has 2 aliphatic rings. The highest BCUT2D eigenvalue weighted by molar-refractivity contribution is 5.78. The fourth-order valence-corrected chi connectivity index (χ4v) is 3.44. The number of carbonyl (C=O) groups excluding carboxylic acids is 1. The van der Waals surface area contributed by atoms with Crippen LogP contribution in [0.5, 0.6) is 0 Å². The van der Waals surface area contributed by atoms with Gasteiger partial charge in [-0.1, -0.05) is 19.8 Å². The van der Waals surface area contributed by atoms with Crippen LogP contribution in [0.3, 0.4) is 0 Å². The minimum atomic E-state index is 0.219. The fraction of sp³-hybridized carbons (Fsp3) is 0.938. The highest BCUT2D eigenvalue weighted by Crippen LogP contribution is 2.24. The van der Waals surface area contributed by atoms with E-state index in [1.807, 2.05) is 7.05 Å². The molecule has 0 aromatic heterocycles. The molecule has 20 heavy (non-hydrogen) atoms. The predicted molar refractivity (Wildman–Crippen MR) is 82.7 cm³/mol. The van der Waals surface area contributed by atoms with Gasteiger partial charge in [-0.25, -0.2) is 0 Å². The molecule has 1 saturated carbocycles. The molecule has 2 atom stereocenters. The summed E-state index contributed by atoms with van der Waals surface area (Å²) < 4.78 is 0. The highest BCUT2D eigenvalue weighted by atomic mass is 16.2. The van der Waals surface area contributed by atoms with Crippen LogP contribution in [0.4, 0.5) is 0 Å². The van der Waals surface area contributed by atoms with Gasteiger partial charge in [0.1, 0.15) is 0 Å². The topological polar surface area (TPSA) is 44.4 Å². The number of hydrogen-bond acceptors (Lipinski definition) is 3. The van der Waals surface area contributed by atoms with E-state index in [-0.39, 0.29) is 11.4 Å². The van der Waals surface area contributed by atoms with E-state index < -0.39 is 0 Å². The van der Waals surface area contributed by atoms with Gasteiger partial charge in [0.2, 0.25) is 5.91 Å². The van der Waals surface area contributed by atoms with Crippen molar-refractivity contribution >= 4 is 5.91 Å². The van der Waals surface area contributed by atoms with E-state index in [0.717, 1.165) is 32.4 Å². The molecule has 0 aromatic carbocycles. The molecule has 2 N–H and O–H groups in total. The molecule has 0 bridgehead atoms. The summed E-state index contributed by atoms with van der Waals surface area (Å²) in [6.45, 7) is 7.15. The molecule has 0 radical (unpaired) electrons. The van der Waals surface area contributed by atoms with Crippen LogP contribution < -0.4 is 10.6 Å². The summed E-state index contributed by atoms with van der Waals surface area (Å²) in [4.78, 5) is 14.5. The normalized spacial score (nSPS) is 30.9. The van der Waals surface area contributed by atoms with E-state index in [0.29, 0.717) is 18.5 Å². The average Bonchev–Trinajstić information content (AvgIpc) is 2.44. The van der Waals surface area contributed by atoms with Gasteiger partial charge in [0.05, 0.1) is 6.54 Å². The summed E-state index contributed by atoms with van der Waals surface area (Å²) in [5.74, 6) is 0.860. The smallest absolute Gasteiger partial charge is 0.234 e. The average molecular weight is 281 g/mol. The molecule has 4 heteroatoms. The van der Waals surface area contributed by atoms with E-state index >= 15 is 0 Å². The van der Waals surface area contributed by atoms with Crippen molar-refractivity contribution in [3.05, 3.63) is 0 Å². The largest absolute Gasteiger partial charge is 0.352 e. The van der Waals surface area contributed by atoms with Crippen LogP contribution in [0, 0.1) is 5.92 Å². The van der Waals surface area contributed by atoms with Crippen LogP contribution in [0.15, 0.2) is 0 Å². The van der Waals surface area contributed by atoms with Gasteiger partial charge >= 0.3 is 0 Å². The minimum absolute atomic E-state index is 0.219. The maximum absolute atomic E-state index is 12.2. The van der Waals surface area contributed by atoms with Crippen molar-refractivity contribution in [1.82, 2.24) is 15.5 Å². The van der Waals surface area contributed by atoms with Crippen molar-refractivity contribution in [2.24, 2.45) is 5.92 Å². The Labute approximate surface area is 123 Å². The van der Waals surface area contributed by atoms with E-state index in [9.17, 15) is 4.79 Å². The van der Waals surface area contributed by atoms with Crippen LogP contribution in [0.2, 0.25) is 0 Å². The van der Waals surface area contributed by atoms with Gasteiger partial charge in [-0.2, -0.15) is 0 Å². The lowest BCUT2D eigenvalue weighted by atomic mass is 9.86. The summed E-state index contributed by atoms with van der Waals surface area (Å²) in [6.07, 6.45) is 7.24. The van der Waals surface area contributed by atoms with Crippen LogP contribution in [-0.2, 0) is 4.79 Å². The number of rotatable bonds is 4. The summed E-state index contributed by atoms with van der Waals surface area (Å²) in [7, 11) is 2.03. The Kier molecular flexibility index (Phi) is 5.44. The van der Waals surface area contributed by atoms with Gasteiger partial charge in [0, 0.05) is 24.7 Å². The van der Waals surface area contributed by atoms with Crippen LogP contribution >= 0.6 is 0 Å². The Morgan fingerprint density at radius 2 is 1.90 bits per heavy atom. The minimum Gasteiger partial charge on any atom is -0.352 e. The first-order chi connectivity index (χ1) is 9.52. The predicted octanol–water partition coefficient (Wildman–Crippen LogP) is 1.76. The molecule has 1 amide bonds. The van der Waals surface area contributed by atoms with Gasteiger partial charge < -0.3 is 10.6 Å². The highest BCUT2D eigenvalue weighted by Gasteiger charge is 2.29. The lowest BCUT2D eigenvalue weighted by molar-refractivity contribution is -0.124. The summed E-state index contributed by atoms with van der Waals surface area (Å²) in [5.41, 5.74) is 0.255. The number of likely N-dealkylation sites (tertiary alicyclic amines) is 1. The Bertz CT molecular complexity index is 324. The first kappa shape index (κ1) is 15.8. The molecule has 0 spiro atoms. The summed E-state index contributed by atoms with van der Waals surface area (Å²) >= 11 is 0. The number of nitrogens with zero attached hydrogens (tertiary/aromatic N) is 1. The van der Waals surface area contributed by atoms with Gasteiger partial charge in [-0.3, -0.25) is 9.69 Å². The molecule has 1 aliphatic carbocycles. The lowest BCUT2D eigenvalue weighted by Gasteiger charge is -2.39. The molecule has 116 valence electrons. The second kappa shape index (κ2) is 6.90. The Morgan fingerprint density at radius 1 is 1.25 bits per heavy atom. The molecular formula is C16H31N3O. The Balaban J connectivity index is 1.72. The third-order valence-corrected chi connectivity index (χ3v) is 5.39. The van der Waals surface area contributed by atoms with E-state index in [1.54, 1.807) is 0 Å². The van der Waals surface area contributed by atoms with Crippen LogP contribution in [0.1, 0.15) is 52.4 Å². The molecule has 2 unspecified atom stereocenters. The van der Waals surface area contributed by atoms with E-state index in [2.05, 4.69) is 29.4 Å². The van der Waals surface area contributed by atoms with Gasteiger partial charge in [-0.15, -0.1) is 0 Å². The zero-order valence-electron chi connectivity index (χ0n) is 13.4. The van der Waals surface area contributed by atoms with Gasteiger partial charge in [0.15, 0.2) is 0 Å². The molecule has 2 fully saturated rings. The first-order valence-corrected chi connectivity index (χ1v) is 8.23. The van der Waals surface area contributed by atoms with Crippen molar-refractivity contribution in [2.75, 3.05) is 26.7 Å². The quantitative estimate of drug-likeness (QED) is 0.825. The number of piperidine rings is 1. The third kappa shape index (κ3) is 4.19. The van der Waals surface area contributed by atoms with Gasteiger partial charge in [-0.05, 0) is 45.6 Å². The summed E-state index contributed by atoms with van der Waals surface area (Å²) in [5, 5.41) is 6.65. The zero-order valence-corrected chi connectivity index (χ0v) is 13.4. The summed E-state index contributed by atoms with van der Waals surface area (Å²) in [6, 6.07) is 0.406. The number of nitrogens with one attached hydrogen (secondary N) is 2. The second-order valence-corrected chi connectivity index (χ2v) is 7.02. The molecule has 1 aliphatic heterocycles. The van der Waals surface area contributed by atoms with E-state index in [4.69, 9.17) is 0 Å². The Morgan fingerprint density at radius 3 is 2.50 bits per heavy atom. The zero-order chi connectivity index (χ0) is 14.6. The standard InChI is InChI=1S/C16H31N3O/c1-13-6-4-5-7-14(13)18-15(20)12-19-10-8-16(2,17-3)9-11-19/h13-14,17H,4-12H2,1-3H3,(H,18,20). The molecule has 1 heterocycles. The van der Waals surface area contributed by atoms with E-state index in [1.165, 1.54) is 19.3 Å². The molecule has 4 nitrogen and oxygen atoms in total. The molecule has 0 aromatic rings. The number of amides is 1. The monoisotopic (exact) mass is 281 g/mol. The molecular weight excluding hydrogens is 250 g/mol. The fourth-order valence-electron chi connectivity index (χ4n) is 3.44. The number of hydrogen-bond donors (Lipinski definition) is 2. The van der Waals surface area contributed by atoms with Gasteiger partial charge in [0.25, 0.3) is 0 Å². The maximum atomic E-state index is 12.2. The molecule has 2 rings (SSSR count). The van der Waals surface area contributed by atoms with Crippen LogP contribution in [0.25, 0.3) is 0 Å². The van der Waals surface area contributed by atoms with Crippen molar-refractivity contribution in [3.63, 3.8) is 0 Å².